The number of halogens is 1. The number of amides is 1. The van der Waals surface area contributed by atoms with Crippen LogP contribution in [0.1, 0.15) is 12.5 Å². The molecular formula is C16H12ClN3O4. The minimum absolute atomic E-state index is 0.126. The molecule has 0 aromatic heterocycles. The Morgan fingerprint density at radius 2 is 2.12 bits per heavy atom. The van der Waals surface area contributed by atoms with Gasteiger partial charge in [0.05, 0.1) is 21.6 Å². The molecule has 2 aromatic rings. The summed E-state index contributed by atoms with van der Waals surface area (Å²) in [6, 6.07) is 12.0. The van der Waals surface area contributed by atoms with E-state index in [0.717, 1.165) is 0 Å². The Morgan fingerprint density at radius 3 is 2.75 bits per heavy atom. The Hall–Kier alpha value is -3.11. The molecule has 1 N–H and O–H groups in total. The summed E-state index contributed by atoms with van der Waals surface area (Å²) >= 11 is 5.90. The monoisotopic (exact) mass is 345 g/mol. The number of carbonyl (C=O) groups is 1. The molecular weight excluding hydrogens is 334 g/mol. The number of ether oxygens (including phenoxy) is 1. The van der Waals surface area contributed by atoms with Crippen molar-refractivity contribution in [1.29, 1.82) is 5.26 Å². The number of nitriles is 1. The first kappa shape index (κ1) is 17.2. The summed E-state index contributed by atoms with van der Waals surface area (Å²) < 4.78 is 5.41. The first-order chi connectivity index (χ1) is 11.4. The van der Waals surface area contributed by atoms with Crippen LogP contribution in [0.15, 0.2) is 42.5 Å². The van der Waals surface area contributed by atoms with Crippen molar-refractivity contribution < 1.29 is 14.5 Å². The summed E-state index contributed by atoms with van der Waals surface area (Å²) in [6.45, 7) is 1.51. The largest absolute Gasteiger partial charge is 0.481 e. The van der Waals surface area contributed by atoms with E-state index >= 15 is 0 Å². The lowest BCUT2D eigenvalue weighted by Crippen LogP contribution is -2.30. The zero-order valence-corrected chi connectivity index (χ0v) is 13.3. The molecule has 8 heteroatoms. The van der Waals surface area contributed by atoms with Crippen molar-refractivity contribution in [2.24, 2.45) is 0 Å². The molecule has 0 unspecified atom stereocenters. The number of nitrogens with zero attached hydrogens (tertiary/aromatic N) is 2. The second kappa shape index (κ2) is 7.44. The molecule has 0 fully saturated rings. The highest BCUT2D eigenvalue weighted by molar-refractivity contribution is 6.32. The number of carbonyl (C=O) groups excluding carboxylic acids is 1. The summed E-state index contributed by atoms with van der Waals surface area (Å²) in [5, 5.41) is 22.4. The molecule has 0 radical (unpaired) electrons. The van der Waals surface area contributed by atoms with Crippen LogP contribution in [0.5, 0.6) is 5.75 Å². The van der Waals surface area contributed by atoms with Crippen LogP contribution < -0.4 is 10.1 Å². The van der Waals surface area contributed by atoms with Crippen LogP contribution in [0.4, 0.5) is 11.4 Å². The van der Waals surface area contributed by atoms with Crippen LogP contribution in [-0.2, 0) is 4.79 Å². The molecule has 0 aliphatic rings. The molecule has 0 heterocycles. The van der Waals surface area contributed by atoms with E-state index in [1.807, 2.05) is 6.07 Å². The SMILES string of the molecule is C[C@H](Oc1cccc([N+](=O)[O-])c1)C(=O)Nc1ccc(C#N)c(Cl)c1. The number of nitro benzene ring substituents is 1. The van der Waals surface area contributed by atoms with Gasteiger partial charge in [-0.1, -0.05) is 17.7 Å². The highest BCUT2D eigenvalue weighted by Crippen LogP contribution is 2.22. The topological polar surface area (TPSA) is 105 Å². The maximum Gasteiger partial charge on any atom is 0.273 e. The molecule has 0 aliphatic carbocycles. The third-order valence-electron chi connectivity index (χ3n) is 3.07. The van der Waals surface area contributed by atoms with E-state index in [1.165, 1.54) is 43.3 Å². The maximum atomic E-state index is 12.1. The summed E-state index contributed by atoms with van der Waals surface area (Å²) in [6.07, 6.45) is -0.888. The van der Waals surface area contributed by atoms with Gasteiger partial charge in [-0.25, -0.2) is 0 Å². The minimum Gasteiger partial charge on any atom is -0.481 e. The Labute approximate surface area is 142 Å². The van der Waals surface area contributed by atoms with Crippen molar-refractivity contribution in [2.75, 3.05) is 5.32 Å². The van der Waals surface area contributed by atoms with Crippen molar-refractivity contribution in [1.82, 2.24) is 0 Å². The predicted molar refractivity (Wildman–Crippen MR) is 88.0 cm³/mol. The Balaban J connectivity index is 2.05. The maximum absolute atomic E-state index is 12.1. The smallest absolute Gasteiger partial charge is 0.273 e. The number of nitro groups is 1. The van der Waals surface area contributed by atoms with Gasteiger partial charge in [-0.2, -0.15) is 5.26 Å². The number of hydrogen-bond acceptors (Lipinski definition) is 5. The third-order valence-corrected chi connectivity index (χ3v) is 3.38. The van der Waals surface area contributed by atoms with Crippen LogP contribution in [0.25, 0.3) is 0 Å². The number of benzene rings is 2. The Kier molecular flexibility index (Phi) is 5.35. The predicted octanol–water partition coefficient (Wildman–Crippen LogP) is 3.53. The highest BCUT2D eigenvalue weighted by atomic mass is 35.5. The number of anilines is 1. The van der Waals surface area contributed by atoms with Gasteiger partial charge in [-0.3, -0.25) is 14.9 Å². The molecule has 1 amide bonds. The van der Waals surface area contributed by atoms with E-state index in [9.17, 15) is 14.9 Å². The molecule has 2 aromatic carbocycles. The molecule has 24 heavy (non-hydrogen) atoms. The summed E-state index contributed by atoms with van der Waals surface area (Å²) in [5.41, 5.74) is 0.591. The van der Waals surface area contributed by atoms with Gasteiger partial charge in [0.25, 0.3) is 11.6 Å². The van der Waals surface area contributed by atoms with Crippen LogP contribution in [0.2, 0.25) is 5.02 Å². The van der Waals surface area contributed by atoms with Crippen LogP contribution in [0.3, 0.4) is 0 Å². The van der Waals surface area contributed by atoms with Gasteiger partial charge in [-0.15, -0.1) is 0 Å². The molecule has 2 rings (SSSR count). The fourth-order valence-electron chi connectivity index (χ4n) is 1.86. The molecule has 0 bridgehead atoms. The fourth-order valence-corrected chi connectivity index (χ4v) is 2.08. The van der Waals surface area contributed by atoms with Crippen LogP contribution in [-0.4, -0.2) is 16.9 Å². The lowest BCUT2D eigenvalue weighted by atomic mass is 10.2. The van der Waals surface area contributed by atoms with Gasteiger partial charge in [-0.05, 0) is 31.2 Å². The second-order valence-corrected chi connectivity index (χ2v) is 5.22. The average Bonchev–Trinajstić information content (AvgIpc) is 2.55. The fraction of sp³-hybridized carbons (Fsp3) is 0.125. The lowest BCUT2D eigenvalue weighted by Gasteiger charge is -2.15. The first-order valence-electron chi connectivity index (χ1n) is 6.82. The summed E-state index contributed by atoms with van der Waals surface area (Å²) in [7, 11) is 0. The van der Waals surface area contributed by atoms with Gasteiger partial charge >= 0.3 is 0 Å². The standard InChI is InChI=1S/C16H12ClN3O4/c1-10(24-14-4-2-3-13(8-14)20(22)23)16(21)19-12-6-5-11(9-18)15(17)7-12/h2-8,10H,1H3,(H,19,21)/t10-/m0/s1. The van der Waals surface area contributed by atoms with E-state index in [-0.39, 0.29) is 16.5 Å². The van der Waals surface area contributed by atoms with E-state index in [2.05, 4.69) is 5.32 Å². The normalized spacial score (nSPS) is 11.2. The molecule has 0 aliphatic heterocycles. The molecule has 0 saturated heterocycles. The minimum atomic E-state index is -0.888. The van der Waals surface area contributed by atoms with Crippen molar-refractivity contribution >= 4 is 28.9 Å². The number of nitrogens with one attached hydrogen (secondary N) is 1. The van der Waals surface area contributed by atoms with Gasteiger partial charge < -0.3 is 10.1 Å². The molecule has 7 nitrogen and oxygen atoms in total. The summed E-state index contributed by atoms with van der Waals surface area (Å²) in [4.78, 5) is 22.3. The van der Waals surface area contributed by atoms with Crippen molar-refractivity contribution in [3.05, 3.63) is 63.2 Å². The van der Waals surface area contributed by atoms with Gasteiger partial charge in [0.2, 0.25) is 0 Å². The molecule has 0 saturated carbocycles. The Morgan fingerprint density at radius 1 is 1.38 bits per heavy atom. The molecule has 1 atom stereocenters. The van der Waals surface area contributed by atoms with E-state index in [1.54, 1.807) is 6.07 Å². The quantitative estimate of drug-likeness (QED) is 0.659. The van der Waals surface area contributed by atoms with Gasteiger partial charge in [0.1, 0.15) is 11.8 Å². The van der Waals surface area contributed by atoms with Crippen molar-refractivity contribution in [3.63, 3.8) is 0 Å². The average molecular weight is 346 g/mol. The number of non-ortho nitro benzene ring substituents is 1. The van der Waals surface area contributed by atoms with E-state index in [4.69, 9.17) is 21.6 Å². The second-order valence-electron chi connectivity index (χ2n) is 4.81. The van der Waals surface area contributed by atoms with E-state index < -0.39 is 16.9 Å². The number of hydrogen-bond donors (Lipinski definition) is 1. The van der Waals surface area contributed by atoms with Gasteiger partial charge in [0.15, 0.2) is 6.10 Å². The van der Waals surface area contributed by atoms with Gasteiger partial charge in [0, 0.05) is 11.8 Å². The van der Waals surface area contributed by atoms with Crippen molar-refractivity contribution in [2.45, 2.75) is 13.0 Å². The number of rotatable bonds is 5. The highest BCUT2D eigenvalue weighted by Gasteiger charge is 2.17. The zero-order chi connectivity index (χ0) is 17.7. The van der Waals surface area contributed by atoms with E-state index in [0.29, 0.717) is 11.3 Å². The third kappa shape index (κ3) is 4.21. The molecule has 0 spiro atoms. The molecule has 122 valence electrons. The van der Waals surface area contributed by atoms with Crippen molar-refractivity contribution in [3.8, 4) is 11.8 Å². The van der Waals surface area contributed by atoms with Crippen LogP contribution in [0, 0.1) is 21.4 Å². The van der Waals surface area contributed by atoms with Crippen LogP contribution >= 0.6 is 11.6 Å². The lowest BCUT2D eigenvalue weighted by molar-refractivity contribution is -0.384. The first-order valence-corrected chi connectivity index (χ1v) is 7.20. The zero-order valence-electron chi connectivity index (χ0n) is 12.5. The summed E-state index contributed by atoms with van der Waals surface area (Å²) in [5.74, 6) is -0.244. The Bertz CT molecular complexity index is 832.